The third kappa shape index (κ3) is 5.40. The van der Waals surface area contributed by atoms with Gasteiger partial charge < -0.3 is 15.4 Å². The van der Waals surface area contributed by atoms with Gasteiger partial charge in [-0.05, 0) is 47.1 Å². The summed E-state index contributed by atoms with van der Waals surface area (Å²) in [5.74, 6) is 0.260. The van der Waals surface area contributed by atoms with E-state index >= 15 is 0 Å². The van der Waals surface area contributed by atoms with E-state index in [1.807, 2.05) is 0 Å². The second-order valence-corrected chi connectivity index (χ2v) is 6.44. The Labute approximate surface area is 170 Å². The lowest BCUT2D eigenvalue weighted by Gasteiger charge is -2.16. The number of rotatable bonds is 5. The van der Waals surface area contributed by atoms with Crippen LogP contribution in [0.15, 0.2) is 47.5 Å². The van der Waals surface area contributed by atoms with Gasteiger partial charge in [0.2, 0.25) is 0 Å². The molecule has 0 aliphatic carbocycles. The summed E-state index contributed by atoms with van der Waals surface area (Å²) in [5, 5.41) is 9.24. The fraction of sp³-hybridized carbons (Fsp3) is 0.188. The van der Waals surface area contributed by atoms with E-state index in [2.05, 4.69) is 51.4 Å². The molecule has 2 aromatic heterocycles. The predicted molar refractivity (Wildman–Crippen MR) is 98.3 cm³/mol. The molecule has 1 aromatic carbocycles. The van der Waals surface area contributed by atoms with Crippen LogP contribution in [0.3, 0.4) is 0 Å². The van der Waals surface area contributed by atoms with Gasteiger partial charge in [-0.2, -0.15) is 9.78 Å². The quantitative estimate of drug-likeness (QED) is 0.588. The van der Waals surface area contributed by atoms with Crippen LogP contribution in [0.1, 0.15) is 18.8 Å². The number of carbonyl (C=O) groups excluding carboxylic acids is 1. The fourth-order valence-corrected chi connectivity index (χ4v) is 2.77. The molecule has 0 aliphatic rings. The Bertz CT molecular complexity index is 998. The van der Waals surface area contributed by atoms with Gasteiger partial charge in [0.05, 0.1) is 11.7 Å². The summed E-state index contributed by atoms with van der Waals surface area (Å²) in [5.41, 5.74) is 0.247. The molecule has 0 unspecified atom stereocenters. The molecule has 3 aromatic rings. The molecule has 29 heavy (non-hydrogen) atoms. The first-order valence-corrected chi connectivity index (χ1v) is 8.82. The van der Waals surface area contributed by atoms with E-state index in [9.17, 15) is 18.0 Å². The van der Waals surface area contributed by atoms with Gasteiger partial charge in [0.15, 0.2) is 5.82 Å². The molecule has 2 N–H and O–H groups in total. The Morgan fingerprint density at radius 1 is 1.24 bits per heavy atom. The smallest absolute Gasteiger partial charge is 0.406 e. The van der Waals surface area contributed by atoms with Crippen molar-refractivity contribution in [3.63, 3.8) is 0 Å². The number of nitrogens with zero attached hydrogens (tertiary/aromatic N) is 5. The molecule has 0 bridgehead atoms. The number of amides is 2. The molecule has 152 valence electrons. The van der Waals surface area contributed by atoms with Gasteiger partial charge in [0.1, 0.15) is 12.1 Å². The number of urea groups is 1. The second-order valence-electron chi connectivity index (χ2n) is 5.59. The van der Waals surface area contributed by atoms with E-state index in [0.29, 0.717) is 5.82 Å². The number of hydrogen-bond donors (Lipinski definition) is 2. The number of ether oxygens (including phenoxy) is 1. The molecule has 2 heterocycles. The summed E-state index contributed by atoms with van der Waals surface area (Å²) in [6, 6.07) is 3.92. The molecule has 0 saturated carbocycles. The van der Waals surface area contributed by atoms with Crippen molar-refractivity contribution < 1.29 is 22.7 Å². The zero-order chi connectivity index (χ0) is 21.0. The van der Waals surface area contributed by atoms with E-state index in [0.717, 1.165) is 12.1 Å². The number of benzene rings is 1. The Hall–Kier alpha value is -3.22. The maximum atomic E-state index is 12.3. The highest BCUT2D eigenvalue weighted by molar-refractivity contribution is 9.10. The Kier molecular flexibility index (Phi) is 5.96. The van der Waals surface area contributed by atoms with E-state index in [-0.39, 0.29) is 16.1 Å². The van der Waals surface area contributed by atoms with Crippen molar-refractivity contribution in [2.45, 2.75) is 19.3 Å². The molecule has 1 atom stereocenters. The average molecular weight is 472 g/mol. The first kappa shape index (κ1) is 20.5. The molecule has 0 saturated heterocycles. The van der Waals surface area contributed by atoms with E-state index < -0.39 is 24.2 Å². The zero-order valence-corrected chi connectivity index (χ0v) is 16.3. The molecular formula is C16H13BrF3N7O2. The minimum absolute atomic E-state index is 0.211. The monoisotopic (exact) mass is 471 g/mol. The van der Waals surface area contributed by atoms with E-state index in [1.54, 1.807) is 25.4 Å². The molecule has 0 radical (unpaired) electrons. The van der Waals surface area contributed by atoms with E-state index in [4.69, 9.17) is 0 Å². The van der Waals surface area contributed by atoms with Crippen molar-refractivity contribution in [3.8, 4) is 11.7 Å². The summed E-state index contributed by atoms with van der Waals surface area (Å²) in [6.07, 6.45) is -0.415. The minimum atomic E-state index is -4.81. The van der Waals surface area contributed by atoms with Crippen LogP contribution in [-0.2, 0) is 0 Å². The SMILES string of the molecule is C[C@H](NC(=O)Nc1ccc(OC(F)(F)F)cc1Br)c1ncnn1-c1ncccn1. The fourth-order valence-electron chi connectivity index (χ4n) is 2.31. The Morgan fingerprint density at radius 2 is 1.97 bits per heavy atom. The van der Waals surface area contributed by atoms with Gasteiger partial charge >= 0.3 is 12.4 Å². The molecule has 9 nitrogen and oxygen atoms in total. The molecule has 0 spiro atoms. The molecule has 2 amide bonds. The van der Waals surface area contributed by atoms with Crippen molar-refractivity contribution >= 4 is 27.6 Å². The van der Waals surface area contributed by atoms with E-state index in [1.165, 1.54) is 17.1 Å². The minimum Gasteiger partial charge on any atom is -0.406 e. The van der Waals surface area contributed by atoms with Gasteiger partial charge in [-0.15, -0.1) is 13.2 Å². The number of aromatic nitrogens is 5. The van der Waals surface area contributed by atoms with Crippen LogP contribution in [0.4, 0.5) is 23.7 Å². The highest BCUT2D eigenvalue weighted by atomic mass is 79.9. The lowest BCUT2D eigenvalue weighted by molar-refractivity contribution is -0.274. The van der Waals surface area contributed by atoms with Crippen molar-refractivity contribution in [2.24, 2.45) is 0 Å². The third-order valence-electron chi connectivity index (χ3n) is 3.47. The number of alkyl halides is 3. The van der Waals surface area contributed by atoms with Gasteiger partial charge in [-0.25, -0.2) is 19.7 Å². The largest absolute Gasteiger partial charge is 0.573 e. The number of carbonyl (C=O) groups is 1. The highest BCUT2D eigenvalue weighted by Gasteiger charge is 2.31. The first-order valence-electron chi connectivity index (χ1n) is 8.03. The highest BCUT2D eigenvalue weighted by Crippen LogP contribution is 2.30. The lowest BCUT2D eigenvalue weighted by Crippen LogP contribution is -2.32. The predicted octanol–water partition coefficient (Wildman–Crippen LogP) is 3.60. The lowest BCUT2D eigenvalue weighted by atomic mass is 10.3. The van der Waals surface area contributed by atoms with Crippen molar-refractivity contribution in [3.05, 3.63) is 53.3 Å². The number of anilines is 1. The van der Waals surface area contributed by atoms with Crippen LogP contribution >= 0.6 is 15.9 Å². The van der Waals surface area contributed by atoms with Crippen LogP contribution in [0.25, 0.3) is 5.95 Å². The normalized spacial score (nSPS) is 12.3. The topological polar surface area (TPSA) is 107 Å². The molecule has 13 heteroatoms. The molecular weight excluding hydrogens is 459 g/mol. The first-order chi connectivity index (χ1) is 13.7. The van der Waals surface area contributed by atoms with Crippen LogP contribution in [-0.4, -0.2) is 37.1 Å². The maximum Gasteiger partial charge on any atom is 0.573 e. The maximum absolute atomic E-state index is 12.3. The van der Waals surface area contributed by atoms with Crippen molar-refractivity contribution in [1.29, 1.82) is 0 Å². The van der Waals surface area contributed by atoms with Crippen LogP contribution in [0.2, 0.25) is 0 Å². The number of hydrogen-bond acceptors (Lipinski definition) is 6. The standard InChI is InChI=1S/C16H13BrF3N7O2/c1-9(13-23-8-24-27(13)14-21-5-2-6-22-14)25-15(28)26-12-4-3-10(7-11(12)17)29-16(18,19)20/h2-9H,1H3,(H2,25,26,28)/t9-/m0/s1. The zero-order valence-electron chi connectivity index (χ0n) is 14.7. The molecule has 3 rings (SSSR count). The summed E-state index contributed by atoms with van der Waals surface area (Å²) in [6.45, 7) is 1.68. The molecule has 0 aliphatic heterocycles. The number of halogens is 4. The van der Waals surface area contributed by atoms with Gasteiger partial charge in [0.25, 0.3) is 5.95 Å². The van der Waals surface area contributed by atoms with Crippen LogP contribution < -0.4 is 15.4 Å². The number of nitrogens with one attached hydrogen (secondary N) is 2. The third-order valence-corrected chi connectivity index (χ3v) is 4.13. The van der Waals surface area contributed by atoms with Gasteiger partial charge in [-0.1, -0.05) is 0 Å². The van der Waals surface area contributed by atoms with Gasteiger partial charge in [0, 0.05) is 16.9 Å². The Morgan fingerprint density at radius 3 is 2.62 bits per heavy atom. The van der Waals surface area contributed by atoms with Gasteiger partial charge in [-0.3, -0.25) is 0 Å². The molecule has 0 fully saturated rings. The summed E-state index contributed by atoms with van der Waals surface area (Å²) in [4.78, 5) is 24.6. The summed E-state index contributed by atoms with van der Waals surface area (Å²) < 4.78 is 42.2. The summed E-state index contributed by atoms with van der Waals surface area (Å²) in [7, 11) is 0. The summed E-state index contributed by atoms with van der Waals surface area (Å²) >= 11 is 3.10. The van der Waals surface area contributed by atoms with Crippen molar-refractivity contribution in [1.82, 2.24) is 30.0 Å². The van der Waals surface area contributed by atoms with Crippen LogP contribution in [0.5, 0.6) is 5.75 Å². The second kappa shape index (κ2) is 8.43. The Balaban J connectivity index is 1.67. The van der Waals surface area contributed by atoms with Crippen molar-refractivity contribution in [2.75, 3.05) is 5.32 Å². The average Bonchev–Trinajstić information content (AvgIpc) is 3.13. The van der Waals surface area contributed by atoms with Crippen LogP contribution in [0, 0.1) is 0 Å².